The third-order valence-corrected chi connectivity index (χ3v) is 4.48. The van der Waals surface area contributed by atoms with Crippen LogP contribution in [-0.4, -0.2) is 25.6 Å². The molecule has 5 nitrogen and oxygen atoms in total. The first-order valence-corrected chi connectivity index (χ1v) is 7.72. The highest BCUT2D eigenvalue weighted by Gasteiger charge is 2.23. The molecule has 3 rings (SSSR count). The molecule has 0 radical (unpaired) electrons. The van der Waals surface area contributed by atoms with Gasteiger partial charge in [0, 0.05) is 18.4 Å². The van der Waals surface area contributed by atoms with Gasteiger partial charge in [-0.25, -0.2) is 4.98 Å². The minimum absolute atomic E-state index is 0.492. The van der Waals surface area contributed by atoms with E-state index >= 15 is 0 Å². The van der Waals surface area contributed by atoms with Gasteiger partial charge in [0.15, 0.2) is 5.82 Å². The number of aromatic nitrogens is 4. The highest BCUT2D eigenvalue weighted by atomic mass is 15.3. The Morgan fingerprint density at radius 1 is 1.30 bits per heavy atom. The van der Waals surface area contributed by atoms with Gasteiger partial charge in [-0.3, -0.25) is 4.40 Å². The summed E-state index contributed by atoms with van der Waals surface area (Å²) in [6.45, 7) is 4.21. The first-order valence-electron chi connectivity index (χ1n) is 7.72. The van der Waals surface area contributed by atoms with Crippen LogP contribution in [0.1, 0.15) is 51.3 Å². The summed E-state index contributed by atoms with van der Waals surface area (Å²) in [7, 11) is 0. The van der Waals surface area contributed by atoms with Gasteiger partial charge in [0.2, 0.25) is 5.65 Å². The quantitative estimate of drug-likeness (QED) is 0.929. The van der Waals surface area contributed by atoms with Gasteiger partial charge >= 0.3 is 0 Å². The van der Waals surface area contributed by atoms with Crippen molar-refractivity contribution in [3.63, 3.8) is 0 Å². The number of fused-ring (bicyclic) bond motifs is 1. The molecule has 1 atom stereocenters. The Labute approximate surface area is 119 Å². The number of aryl methyl sites for hydroxylation is 1. The van der Waals surface area contributed by atoms with Crippen LogP contribution in [0, 0.1) is 12.8 Å². The summed E-state index contributed by atoms with van der Waals surface area (Å²) in [5, 5.41) is 12.0. The second kappa shape index (κ2) is 5.77. The second-order valence-electron chi connectivity index (χ2n) is 5.77. The van der Waals surface area contributed by atoms with Crippen LogP contribution in [0.15, 0.2) is 12.4 Å². The predicted octanol–water partition coefficient (Wildman–Crippen LogP) is 3.20. The first-order chi connectivity index (χ1) is 9.79. The molecule has 108 valence electrons. The van der Waals surface area contributed by atoms with Crippen LogP contribution in [0.5, 0.6) is 0 Å². The van der Waals surface area contributed by atoms with Gasteiger partial charge in [0.05, 0.1) is 0 Å². The minimum Gasteiger partial charge on any atom is -0.364 e. The molecule has 20 heavy (non-hydrogen) atoms. The van der Waals surface area contributed by atoms with E-state index in [0.29, 0.717) is 6.04 Å². The molecule has 1 fully saturated rings. The van der Waals surface area contributed by atoms with Gasteiger partial charge in [-0.1, -0.05) is 26.2 Å². The summed E-state index contributed by atoms with van der Waals surface area (Å²) in [4.78, 5) is 4.47. The van der Waals surface area contributed by atoms with Crippen molar-refractivity contribution in [1.29, 1.82) is 0 Å². The summed E-state index contributed by atoms with van der Waals surface area (Å²) < 4.78 is 1.99. The van der Waals surface area contributed by atoms with E-state index in [2.05, 4.69) is 27.4 Å². The molecule has 1 unspecified atom stereocenters. The maximum atomic E-state index is 4.47. The average Bonchev–Trinajstić information content (AvgIpc) is 2.88. The molecule has 1 aliphatic rings. The van der Waals surface area contributed by atoms with Gasteiger partial charge in [0.25, 0.3) is 0 Å². The Morgan fingerprint density at radius 2 is 2.10 bits per heavy atom. The number of anilines is 1. The molecule has 0 bridgehead atoms. The average molecular weight is 273 g/mol. The molecule has 0 spiro atoms. The molecule has 0 aromatic carbocycles. The molecule has 0 amide bonds. The van der Waals surface area contributed by atoms with E-state index in [1.165, 1.54) is 32.1 Å². The van der Waals surface area contributed by atoms with Crippen LogP contribution >= 0.6 is 0 Å². The second-order valence-corrected chi connectivity index (χ2v) is 5.77. The lowest BCUT2D eigenvalue weighted by molar-refractivity contribution is 0.312. The van der Waals surface area contributed by atoms with E-state index in [9.17, 15) is 0 Å². The summed E-state index contributed by atoms with van der Waals surface area (Å²) in [5.74, 6) is 2.53. The van der Waals surface area contributed by atoms with E-state index in [0.717, 1.165) is 29.6 Å². The summed E-state index contributed by atoms with van der Waals surface area (Å²) in [5.41, 5.74) is 0.833. The Hall–Kier alpha value is -1.65. The number of rotatable bonds is 4. The lowest BCUT2D eigenvalue weighted by Crippen LogP contribution is -2.30. The van der Waals surface area contributed by atoms with E-state index in [1.807, 2.05) is 23.7 Å². The molecular formula is C15H23N5. The van der Waals surface area contributed by atoms with E-state index < -0.39 is 0 Å². The monoisotopic (exact) mass is 273 g/mol. The van der Waals surface area contributed by atoms with Gasteiger partial charge in [-0.05, 0) is 32.1 Å². The highest BCUT2D eigenvalue weighted by molar-refractivity contribution is 5.62. The zero-order valence-electron chi connectivity index (χ0n) is 12.3. The topological polar surface area (TPSA) is 55.1 Å². The molecular weight excluding hydrogens is 250 g/mol. The van der Waals surface area contributed by atoms with Crippen molar-refractivity contribution in [3.05, 3.63) is 18.2 Å². The SMILES string of the molecule is CCC(Nc1nccn2c(C)nnc12)C1CCCCC1. The van der Waals surface area contributed by atoms with E-state index in [-0.39, 0.29) is 0 Å². The van der Waals surface area contributed by atoms with Crippen molar-refractivity contribution in [2.24, 2.45) is 5.92 Å². The summed E-state index contributed by atoms with van der Waals surface area (Å²) >= 11 is 0. The lowest BCUT2D eigenvalue weighted by Gasteiger charge is -2.30. The minimum atomic E-state index is 0.492. The molecule has 2 heterocycles. The highest BCUT2D eigenvalue weighted by Crippen LogP contribution is 2.29. The summed E-state index contributed by atoms with van der Waals surface area (Å²) in [6, 6.07) is 0.492. The largest absolute Gasteiger partial charge is 0.364 e. The molecule has 2 aromatic heterocycles. The smallest absolute Gasteiger partial charge is 0.203 e. The lowest BCUT2D eigenvalue weighted by atomic mass is 9.83. The first kappa shape index (κ1) is 13.3. The fourth-order valence-electron chi connectivity index (χ4n) is 3.31. The maximum Gasteiger partial charge on any atom is 0.203 e. The Kier molecular flexibility index (Phi) is 3.85. The zero-order valence-corrected chi connectivity index (χ0v) is 12.3. The number of hydrogen-bond donors (Lipinski definition) is 1. The van der Waals surface area contributed by atoms with Crippen molar-refractivity contribution in [1.82, 2.24) is 19.6 Å². The molecule has 5 heteroatoms. The third kappa shape index (κ3) is 2.49. The molecule has 1 N–H and O–H groups in total. The van der Waals surface area contributed by atoms with Crippen LogP contribution in [-0.2, 0) is 0 Å². The normalized spacial score (nSPS) is 18.3. The molecule has 1 saturated carbocycles. The zero-order chi connectivity index (χ0) is 13.9. The van der Waals surface area contributed by atoms with Gasteiger partial charge in [-0.15, -0.1) is 10.2 Å². The van der Waals surface area contributed by atoms with Crippen LogP contribution < -0.4 is 5.32 Å². The molecule has 0 aliphatic heterocycles. The van der Waals surface area contributed by atoms with Crippen molar-refractivity contribution in [2.45, 2.75) is 58.4 Å². The summed E-state index contributed by atoms with van der Waals surface area (Å²) in [6.07, 6.45) is 11.6. The van der Waals surface area contributed by atoms with Gasteiger partial charge < -0.3 is 5.32 Å². The molecule has 1 aliphatic carbocycles. The number of hydrogen-bond acceptors (Lipinski definition) is 4. The Balaban J connectivity index is 1.83. The standard InChI is InChI=1S/C15H23N5/c1-3-13(12-7-5-4-6-8-12)17-14-15-19-18-11(2)20(15)10-9-16-14/h9-10,12-13H,3-8H2,1-2H3,(H,16,17). The Morgan fingerprint density at radius 3 is 2.85 bits per heavy atom. The van der Waals surface area contributed by atoms with Crippen LogP contribution in [0.2, 0.25) is 0 Å². The fraction of sp³-hybridized carbons (Fsp3) is 0.667. The molecule has 2 aromatic rings. The van der Waals surface area contributed by atoms with E-state index in [4.69, 9.17) is 0 Å². The Bertz CT molecular complexity index is 571. The third-order valence-electron chi connectivity index (χ3n) is 4.48. The fourth-order valence-corrected chi connectivity index (χ4v) is 3.31. The maximum absolute atomic E-state index is 4.47. The van der Waals surface area contributed by atoms with E-state index in [1.54, 1.807) is 0 Å². The number of nitrogens with zero attached hydrogens (tertiary/aromatic N) is 4. The van der Waals surface area contributed by atoms with Crippen molar-refractivity contribution in [3.8, 4) is 0 Å². The van der Waals surface area contributed by atoms with Crippen LogP contribution in [0.3, 0.4) is 0 Å². The van der Waals surface area contributed by atoms with Crippen LogP contribution in [0.25, 0.3) is 5.65 Å². The van der Waals surface area contributed by atoms with Crippen LogP contribution in [0.4, 0.5) is 5.82 Å². The molecule has 0 saturated heterocycles. The van der Waals surface area contributed by atoms with Gasteiger partial charge in [-0.2, -0.15) is 0 Å². The van der Waals surface area contributed by atoms with Crippen molar-refractivity contribution in [2.75, 3.05) is 5.32 Å². The number of nitrogens with one attached hydrogen (secondary N) is 1. The van der Waals surface area contributed by atoms with Crippen molar-refractivity contribution < 1.29 is 0 Å². The van der Waals surface area contributed by atoms with Crippen molar-refractivity contribution >= 4 is 11.5 Å². The van der Waals surface area contributed by atoms with Gasteiger partial charge in [0.1, 0.15) is 5.82 Å². The predicted molar refractivity (Wildman–Crippen MR) is 79.8 cm³/mol.